The van der Waals surface area contributed by atoms with Gasteiger partial charge in [-0.3, -0.25) is 0 Å². The lowest BCUT2D eigenvalue weighted by Crippen LogP contribution is -2.05. The lowest BCUT2D eigenvalue weighted by Gasteiger charge is -2.10. The number of aromatic nitrogens is 4. The third-order valence-corrected chi connectivity index (χ3v) is 2.68. The number of halogens is 1. The summed E-state index contributed by atoms with van der Waals surface area (Å²) in [6, 6.07) is 5.41. The molecule has 1 atom stereocenters. The van der Waals surface area contributed by atoms with Crippen LogP contribution in [0, 0.1) is 0 Å². The molecule has 6 nitrogen and oxygen atoms in total. The van der Waals surface area contributed by atoms with E-state index in [0.717, 1.165) is 5.56 Å². The van der Waals surface area contributed by atoms with Crippen LogP contribution < -0.4 is 10.5 Å². The average Bonchev–Trinajstić information content (AvgIpc) is 2.73. The summed E-state index contributed by atoms with van der Waals surface area (Å²) in [5.74, 6) is 1.08. The van der Waals surface area contributed by atoms with E-state index in [1.165, 1.54) is 4.80 Å². The van der Waals surface area contributed by atoms with Crippen LogP contribution in [0.3, 0.4) is 0 Å². The number of benzene rings is 1. The van der Waals surface area contributed by atoms with Crippen molar-refractivity contribution in [2.45, 2.75) is 19.6 Å². The Kier molecular flexibility index (Phi) is 3.78. The zero-order valence-electron chi connectivity index (χ0n) is 10.2. The Morgan fingerprint density at radius 1 is 1.50 bits per heavy atom. The van der Waals surface area contributed by atoms with E-state index in [4.69, 9.17) is 22.1 Å². The fourth-order valence-corrected chi connectivity index (χ4v) is 1.68. The summed E-state index contributed by atoms with van der Waals surface area (Å²) in [6.45, 7) is 2.13. The van der Waals surface area contributed by atoms with Crippen LogP contribution in [0.2, 0.25) is 5.02 Å². The molecule has 0 aliphatic rings. The molecule has 0 fully saturated rings. The van der Waals surface area contributed by atoms with Crippen molar-refractivity contribution in [3.8, 4) is 5.75 Å². The molecular weight excluding hydrogens is 254 g/mol. The van der Waals surface area contributed by atoms with Crippen LogP contribution in [0.1, 0.15) is 24.4 Å². The van der Waals surface area contributed by atoms with E-state index in [0.29, 0.717) is 16.6 Å². The molecule has 1 heterocycles. The Bertz CT molecular complexity index is 540. The predicted molar refractivity (Wildman–Crippen MR) is 67.2 cm³/mol. The van der Waals surface area contributed by atoms with E-state index in [1.807, 2.05) is 13.0 Å². The maximum atomic E-state index is 6.10. The topological polar surface area (TPSA) is 78.9 Å². The fraction of sp³-hybridized carbons (Fsp3) is 0.364. The van der Waals surface area contributed by atoms with Crippen LogP contribution in [0.5, 0.6) is 5.75 Å². The highest BCUT2D eigenvalue weighted by molar-refractivity contribution is 6.32. The van der Waals surface area contributed by atoms with E-state index in [9.17, 15) is 0 Å². The third-order valence-electron chi connectivity index (χ3n) is 2.39. The number of hydrogen-bond donors (Lipinski definition) is 1. The van der Waals surface area contributed by atoms with E-state index >= 15 is 0 Å². The molecule has 0 aliphatic carbocycles. The number of hydrogen-bond acceptors (Lipinski definition) is 5. The van der Waals surface area contributed by atoms with Gasteiger partial charge < -0.3 is 10.5 Å². The zero-order chi connectivity index (χ0) is 13.1. The zero-order valence-corrected chi connectivity index (χ0v) is 10.9. The standard InChI is InChI=1S/C11H14ClN5O/c1-7(13)8-3-4-10(9(12)5-8)18-6-11-14-16-17(2)15-11/h3-5,7H,6,13H2,1-2H3/t7-/m0/s1. The molecule has 18 heavy (non-hydrogen) atoms. The fourth-order valence-electron chi connectivity index (χ4n) is 1.44. The van der Waals surface area contributed by atoms with Crippen LogP contribution in [0.25, 0.3) is 0 Å². The van der Waals surface area contributed by atoms with Crippen molar-refractivity contribution < 1.29 is 4.74 Å². The minimum Gasteiger partial charge on any atom is -0.484 e. The third kappa shape index (κ3) is 2.96. The monoisotopic (exact) mass is 267 g/mol. The maximum Gasteiger partial charge on any atom is 0.212 e. The largest absolute Gasteiger partial charge is 0.484 e. The molecule has 0 radical (unpaired) electrons. The summed E-state index contributed by atoms with van der Waals surface area (Å²) >= 11 is 6.10. The molecule has 0 saturated carbocycles. The highest BCUT2D eigenvalue weighted by Gasteiger charge is 2.07. The number of nitrogens with zero attached hydrogens (tertiary/aromatic N) is 4. The molecule has 0 bridgehead atoms. The van der Waals surface area contributed by atoms with Gasteiger partial charge in [0.15, 0.2) is 6.61 Å². The second-order valence-electron chi connectivity index (χ2n) is 3.96. The summed E-state index contributed by atoms with van der Waals surface area (Å²) < 4.78 is 5.52. The van der Waals surface area contributed by atoms with Gasteiger partial charge in [0, 0.05) is 6.04 Å². The molecular formula is C11H14ClN5O. The van der Waals surface area contributed by atoms with Gasteiger partial charge in [-0.15, -0.1) is 10.2 Å². The van der Waals surface area contributed by atoms with Gasteiger partial charge in [-0.2, -0.15) is 4.80 Å². The second-order valence-corrected chi connectivity index (χ2v) is 4.37. The van der Waals surface area contributed by atoms with Crippen LogP contribution in [0.4, 0.5) is 0 Å². The summed E-state index contributed by atoms with van der Waals surface area (Å²) in [6.07, 6.45) is 0. The molecule has 2 aromatic rings. The Labute approximate surface area is 110 Å². The van der Waals surface area contributed by atoms with Crippen LogP contribution in [-0.2, 0) is 13.7 Å². The number of aryl methyl sites for hydroxylation is 1. The smallest absolute Gasteiger partial charge is 0.212 e. The predicted octanol–water partition coefficient (Wildman–Crippen LogP) is 1.46. The number of rotatable bonds is 4. The average molecular weight is 268 g/mol. The summed E-state index contributed by atoms with van der Waals surface area (Å²) in [4.78, 5) is 1.37. The van der Waals surface area contributed by atoms with E-state index < -0.39 is 0 Å². The Hall–Kier alpha value is -1.66. The highest BCUT2D eigenvalue weighted by atomic mass is 35.5. The highest BCUT2D eigenvalue weighted by Crippen LogP contribution is 2.27. The first-order valence-corrected chi connectivity index (χ1v) is 5.85. The molecule has 0 saturated heterocycles. The lowest BCUT2D eigenvalue weighted by molar-refractivity contribution is 0.295. The van der Waals surface area contributed by atoms with Crippen LogP contribution in [0.15, 0.2) is 18.2 Å². The quantitative estimate of drug-likeness (QED) is 0.907. The summed E-state index contributed by atoms with van der Waals surface area (Å²) in [5.41, 5.74) is 6.73. The summed E-state index contributed by atoms with van der Waals surface area (Å²) in [5, 5.41) is 12.1. The van der Waals surface area contributed by atoms with E-state index in [2.05, 4.69) is 15.4 Å². The lowest BCUT2D eigenvalue weighted by atomic mass is 10.1. The van der Waals surface area contributed by atoms with Gasteiger partial charge in [-0.1, -0.05) is 17.7 Å². The Balaban J connectivity index is 2.05. The SMILES string of the molecule is C[C@H](N)c1ccc(OCc2nnn(C)n2)c(Cl)c1. The van der Waals surface area contributed by atoms with Crippen molar-refractivity contribution in [3.63, 3.8) is 0 Å². The van der Waals surface area contributed by atoms with Crippen LogP contribution in [-0.4, -0.2) is 20.2 Å². The normalized spacial score (nSPS) is 12.4. The van der Waals surface area contributed by atoms with Gasteiger partial charge in [0.25, 0.3) is 0 Å². The van der Waals surface area contributed by atoms with Gasteiger partial charge in [-0.05, 0) is 29.8 Å². The van der Waals surface area contributed by atoms with Crippen molar-refractivity contribution in [2.75, 3.05) is 0 Å². The molecule has 1 aromatic carbocycles. The van der Waals surface area contributed by atoms with Crippen molar-refractivity contribution >= 4 is 11.6 Å². The number of ether oxygens (including phenoxy) is 1. The van der Waals surface area contributed by atoms with Crippen LogP contribution >= 0.6 is 11.6 Å². The minimum atomic E-state index is -0.0572. The maximum absolute atomic E-state index is 6.10. The van der Waals surface area contributed by atoms with E-state index in [-0.39, 0.29) is 12.6 Å². The van der Waals surface area contributed by atoms with Gasteiger partial charge in [-0.25, -0.2) is 0 Å². The van der Waals surface area contributed by atoms with Crippen molar-refractivity contribution in [1.82, 2.24) is 20.2 Å². The van der Waals surface area contributed by atoms with E-state index in [1.54, 1.807) is 19.2 Å². The van der Waals surface area contributed by atoms with Crippen molar-refractivity contribution in [3.05, 3.63) is 34.6 Å². The Morgan fingerprint density at radius 3 is 2.83 bits per heavy atom. The first-order valence-electron chi connectivity index (χ1n) is 5.47. The molecule has 2 rings (SSSR count). The molecule has 0 amide bonds. The Morgan fingerprint density at radius 2 is 2.28 bits per heavy atom. The van der Waals surface area contributed by atoms with Gasteiger partial charge in [0.1, 0.15) is 5.75 Å². The van der Waals surface area contributed by atoms with Gasteiger partial charge in [0.05, 0.1) is 12.1 Å². The molecule has 0 spiro atoms. The number of nitrogens with two attached hydrogens (primary N) is 1. The first kappa shape index (κ1) is 12.8. The molecule has 2 N–H and O–H groups in total. The summed E-state index contributed by atoms with van der Waals surface area (Å²) in [7, 11) is 1.70. The number of tetrazole rings is 1. The van der Waals surface area contributed by atoms with Crippen molar-refractivity contribution in [1.29, 1.82) is 0 Å². The molecule has 0 aliphatic heterocycles. The first-order chi connectivity index (χ1) is 8.56. The van der Waals surface area contributed by atoms with Gasteiger partial charge >= 0.3 is 0 Å². The van der Waals surface area contributed by atoms with Crippen molar-refractivity contribution in [2.24, 2.45) is 12.8 Å². The molecule has 96 valence electrons. The molecule has 1 aromatic heterocycles. The molecule has 0 unspecified atom stereocenters. The second kappa shape index (κ2) is 5.32. The van der Waals surface area contributed by atoms with Gasteiger partial charge in [0.2, 0.25) is 5.82 Å². The minimum absolute atomic E-state index is 0.0572. The molecule has 7 heteroatoms.